The van der Waals surface area contributed by atoms with Crippen LogP contribution >= 0.6 is 0 Å². The van der Waals surface area contributed by atoms with Crippen molar-refractivity contribution >= 4 is 17.3 Å². The van der Waals surface area contributed by atoms with Crippen LogP contribution in [0.25, 0.3) is 0 Å². The van der Waals surface area contributed by atoms with E-state index in [4.69, 9.17) is 19.7 Å². The highest BCUT2D eigenvalue weighted by molar-refractivity contribution is 6.31. The number of nitrogens with one attached hydrogen (secondary N) is 1. The van der Waals surface area contributed by atoms with Crippen molar-refractivity contribution < 1.29 is 44.3 Å². The van der Waals surface area contributed by atoms with E-state index in [0.717, 1.165) is 25.9 Å². The molecule has 6 rings (SSSR count). The maximum atomic E-state index is 13.1. The van der Waals surface area contributed by atoms with Gasteiger partial charge in [0.25, 0.3) is 0 Å². The molecule has 1 aliphatic heterocycles. The fraction of sp³-hybridized carbons (Fsp3) is 0.400. The minimum Gasteiger partial charge on any atom is -0.507 e. The van der Waals surface area contributed by atoms with Gasteiger partial charge in [0.05, 0.1) is 23.8 Å². The molecule has 3 aromatic carbocycles. The van der Waals surface area contributed by atoms with Gasteiger partial charge in [-0.2, -0.15) is 0 Å². The summed E-state index contributed by atoms with van der Waals surface area (Å²) in [7, 11) is 5.13. The molecule has 1 fully saturated rings. The predicted molar refractivity (Wildman–Crippen MR) is 169 cm³/mol. The summed E-state index contributed by atoms with van der Waals surface area (Å²) in [5.41, 5.74) is 1.62. The van der Waals surface area contributed by atoms with Crippen LogP contribution in [0, 0.1) is 12.8 Å². The van der Waals surface area contributed by atoms with E-state index >= 15 is 0 Å². The maximum absolute atomic E-state index is 13.1. The Kier molecular flexibility index (Phi) is 13.2. The van der Waals surface area contributed by atoms with Crippen LogP contribution in [0.4, 0.5) is 0 Å². The number of rotatable bonds is 3. The molecule has 3 aromatic rings. The number of methoxy groups -OCH3 is 1. The molecule has 0 amide bonds. The number of phenols is 2. The second-order valence-electron chi connectivity index (χ2n) is 11.0. The number of aryl methyl sites for hydroxylation is 1. The second-order valence-corrected chi connectivity index (χ2v) is 11.0. The number of phenolic OH excluding ortho intramolecular Hbond substituents is 2. The normalized spacial score (nSPS) is 17.8. The lowest BCUT2D eigenvalue weighted by Crippen LogP contribution is -2.28. The predicted octanol–water partition coefficient (Wildman–Crippen LogP) is 3.88. The van der Waals surface area contributed by atoms with Crippen LogP contribution in [0.5, 0.6) is 17.2 Å². The molecule has 1 heterocycles. The molecule has 0 radical (unpaired) electrons. The van der Waals surface area contributed by atoms with Crippen LogP contribution in [-0.4, -0.2) is 78.5 Å². The highest BCUT2D eigenvalue weighted by Gasteiger charge is 2.40. The zero-order valence-electron chi connectivity index (χ0n) is 26.3. The molecule has 3 aliphatic rings. The third-order valence-electron chi connectivity index (χ3n) is 7.73. The van der Waals surface area contributed by atoms with Crippen molar-refractivity contribution in [3.8, 4) is 17.2 Å². The lowest BCUT2D eigenvalue weighted by Gasteiger charge is -2.29. The van der Waals surface area contributed by atoms with Gasteiger partial charge in [0.1, 0.15) is 23.9 Å². The standard InChI is InChI=1S/C21H18O7.C7H8.C5H10O2.C2H7N/c1-28-14-4-2-3-11-15(14)21(27)17-16(19(11)25)20(26)12-7-9(13(23)8-22)5-6-10(12)18(17)24;1-7-5-3-2-4-6-7;6-5-3-1-2-4-7-5;1-3-2/h2-4,9,22,24,26H,5-8H2,1H3;2-6H,1H3;5-6H,1-4H2;3H,1-2H3. The number of benzene rings is 3. The van der Waals surface area contributed by atoms with Crippen molar-refractivity contribution in [2.75, 3.05) is 34.4 Å². The SMILES string of the molecule is CNC.COc1cccc2c1C(=O)c1c(O)c3c(c(O)c1C2=O)CC(C(=O)CO)CC3.Cc1ccccc1.OC1CCCCO1. The first kappa shape index (κ1) is 35.4. The molecule has 0 saturated carbocycles. The van der Waals surface area contributed by atoms with Gasteiger partial charge in [0, 0.05) is 29.2 Å². The number of aliphatic hydroxyl groups excluding tert-OH is 2. The van der Waals surface area contributed by atoms with E-state index in [-0.39, 0.29) is 63.7 Å². The maximum Gasteiger partial charge on any atom is 0.202 e. The molecule has 10 nitrogen and oxygen atoms in total. The summed E-state index contributed by atoms with van der Waals surface area (Å²) in [5, 5.41) is 42.2. The quantitative estimate of drug-likeness (QED) is 0.212. The number of ketones is 3. The summed E-state index contributed by atoms with van der Waals surface area (Å²) in [6.45, 7) is 2.21. The van der Waals surface area contributed by atoms with Crippen LogP contribution in [-0.2, 0) is 22.4 Å². The number of aliphatic hydroxyl groups is 2. The van der Waals surface area contributed by atoms with E-state index in [1.807, 2.05) is 32.3 Å². The molecular weight excluding hydrogens is 578 g/mol. The largest absolute Gasteiger partial charge is 0.507 e. The molecule has 2 unspecified atom stereocenters. The summed E-state index contributed by atoms with van der Waals surface area (Å²) in [6, 6.07) is 14.8. The molecule has 45 heavy (non-hydrogen) atoms. The van der Waals surface area contributed by atoms with Crippen LogP contribution < -0.4 is 10.1 Å². The van der Waals surface area contributed by atoms with E-state index < -0.39 is 30.4 Å². The zero-order valence-corrected chi connectivity index (χ0v) is 26.3. The number of hydrogen-bond acceptors (Lipinski definition) is 10. The monoisotopic (exact) mass is 621 g/mol. The van der Waals surface area contributed by atoms with E-state index in [1.165, 1.54) is 18.7 Å². The summed E-state index contributed by atoms with van der Waals surface area (Å²) in [5.74, 6) is -2.56. The average molecular weight is 622 g/mol. The Bertz CT molecular complexity index is 1480. The minimum atomic E-state index is -0.609. The molecule has 0 aromatic heterocycles. The summed E-state index contributed by atoms with van der Waals surface area (Å²) < 4.78 is 10.0. The van der Waals surface area contributed by atoms with Crippen LogP contribution in [0.1, 0.15) is 74.2 Å². The Labute approximate surface area is 263 Å². The number of fused-ring (bicyclic) bond motifs is 3. The van der Waals surface area contributed by atoms with Gasteiger partial charge in [-0.3, -0.25) is 14.4 Å². The van der Waals surface area contributed by atoms with Gasteiger partial charge in [-0.25, -0.2) is 0 Å². The number of hydrogen-bond donors (Lipinski definition) is 5. The van der Waals surface area contributed by atoms with Crippen molar-refractivity contribution in [1.29, 1.82) is 0 Å². The number of carbonyl (C=O) groups is 3. The Morgan fingerprint density at radius 1 is 0.911 bits per heavy atom. The molecule has 10 heteroatoms. The van der Waals surface area contributed by atoms with Crippen molar-refractivity contribution in [3.63, 3.8) is 0 Å². The molecule has 2 atom stereocenters. The lowest BCUT2D eigenvalue weighted by atomic mass is 9.75. The third-order valence-corrected chi connectivity index (χ3v) is 7.73. The van der Waals surface area contributed by atoms with Crippen molar-refractivity contribution in [2.45, 2.75) is 51.7 Å². The van der Waals surface area contributed by atoms with Crippen molar-refractivity contribution in [1.82, 2.24) is 5.32 Å². The molecule has 0 bridgehead atoms. The summed E-state index contributed by atoms with van der Waals surface area (Å²) >= 11 is 0. The molecule has 0 spiro atoms. The summed E-state index contributed by atoms with van der Waals surface area (Å²) in [4.78, 5) is 38.1. The number of aromatic hydroxyl groups is 2. The fourth-order valence-electron chi connectivity index (χ4n) is 5.47. The Morgan fingerprint density at radius 2 is 1.56 bits per heavy atom. The van der Waals surface area contributed by atoms with E-state index in [2.05, 4.69) is 24.4 Å². The smallest absolute Gasteiger partial charge is 0.202 e. The van der Waals surface area contributed by atoms with Crippen LogP contribution in [0.15, 0.2) is 48.5 Å². The first-order chi connectivity index (χ1) is 21.6. The molecular formula is C35H43NO9. The van der Waals surface area contributed by atoms with Gasteiger partial charge in [0.15, 0.2) is 17.9 Å². The fourth-order valence-corrected chi connectivity index (χ4v) is 5.47. The second kappa shape index (κ2) is 16.8. The Morgan fingerprint density at radius 3 is 2.07 bits per heavy atom. The van der Waals surface area contributed by atoms with Gasteiger partial charge < -0.3 is 35.2 Å². The van der Waals surface area contributed by atoms with Gasteiger partial charge in [-0.1, -0.05) is 48.0 Å². The highest BCUT2D eigenvalue weighted by atomic mass is 16.6. The third kappa shape index (κ3) is 8.34. The average Bonchev–Trinajstić information content (AvgIpc) is 3.06. The molecule has 2 aliphatic carbocycles. The number of carbonyl (C=O) groups excluding carboxylic acids is 3. The van der Waals surface area contributed by atoms with Crippen LogP contribution in [0.2, 0.25) is 0 Å². The Balaban J connectivity index is 0.000000263. The first-order valence-electron chi connectivity index (χ1n) is 15.0. The van der Waals surface area contributed by atoms with E-state index in [9.17, 15) is 24.6 Å². The molecule has 242 valence electrons. The highest BCUT2D eigenvalue weighted by Crippen LogP contribution is 2.47. The van der Waals surface area contributed by atoms with Crippen molar-refractivity contribution in [3.05, 3.63) is 87.5 Å². The summed E-state index contributed by atoms with van der Waals surface area (Å²) in [6.07, 6.45) is 3.29. The van der Waals surface area contributed by atoms with Gasteiger partial charge in [0.2, 0.25) is 5.78 Å². The van der Waals surface area contributed by atoms with Crippen molar-refractivity contribution in [2.24, 2.45) is 5.92 Å². The van der Waals surface area contributed by atoms with Gasteiger partial charge >= 0.3 is 0 Å². The Hall–Kier alpha value is -4.09. The number of ether oxygens (including phenoxy) is 2. The topological polar surface area (TPSA) is 163 Å². The van der Waals surface area contributed by atoms with Crippen LogP contribution in [0.3, 0.4) is 0 Å². The number of Topliss-reactive ketones (excluding diaryl/α,β-unsaturated/α-hetero) is 1. The minimum absolute atomic E-state index is 0.0568. The van der Waals surface area contributed by atoms with Gasteiger partial charge in [-0.05, 0) is 65.6 Å². The van der Waals surface area contributed by atoms with Gasteiger partial charge in [-0.15, -0.1) is 0 Å². The first-order valence-corrected chi connectivity index (χ1v) is 15.0. The molecule has 5 N–H and O–H groups in total. The lowest BCUT2D eigenvalue weighted by molar-refractivity contribution is -0.126. The zero-order chi connectivity index (χ0) is 33.1. The molecule has 1 saturated heterocycles. The van der Waals surface area contributed by atoms with E-state index in [1.54, 1.807) is 12.1 Å². The van der Waals surface area contributed by atoms with E-state index in [0.29, 0.717) is 12.0 Å².